The topological polar surface area (TPSA) is 49.3 Å². The summed E-state index contributed by atoms with van der Waals surface area (Å²) >= 11 is 0. The van der Waals surface area contributed by atoms with Gasteiger partial charge >= 0.3 is 0 Å². The highest BCUT2D eigenvalue weighted by molar-refractivity contribution is 5.96. The first-order valence-corrected chi connectivity index (χ1v) is 5.15. The first-order chi connectivity index (χ1) is 7.60. The molecular formula is C13H15NO2. The maximum Gasteiger partial charge on any atom is 0.252 e. The van der Waals surface area contributed by atoms with Crippen molar-refractivity contribution in [3.63, 3.8) is 0 Å². The summed E-state index contributed by atoms with van der Waals surface area (Å²) in [4.78, 5) is 11.8. The van der Waals surface area contributed by atoms with Gasteiger partial charge in [-0.1, -0.05) is 18.9 Å². The first kappa shape index (κ1) is 12.1. The van der Waals surface area contributed by atoms with E-state index in [1.807, 2.05) is 6.92 Å². The molecule has 0 aliphatic rings. The SMILES string of the molecule is C#CC(CC)NC(=O)c1cccc(O)c1C. The number of phenolic OH excluding ortho intramolecular Hbond substituents is 1. The number of hydrogen-bond donors (Lipinski definition) is 2. The number of carbonyl (C=O) groups excluding carboxylic acids is 1. The van der Waals surface area contributed by atoms with Crippen molar-refractivity contribution in [2.75, 3.05) is 0 Å². The van der Waals surface area contributed by atoms with Crippen LogP contribution in [-0.2, 0) is 0 Å². The second-order valence-electron chi connectivity index (χ2n) is 3.55. The van der Waals surface area contributed by atoms with Gasteiger partial charge in [0.1, 0.15) is 5.75 Å². The molecule has 16 heavy (non-hydrogen) atoms. The van der Waals surface area contributed by atoms with Crippen LogP contribution < -0.4 is 5.32 Å². The van der Waals surface area contributed by atoms with E-state index in [1.165, 1.54) is 0 Å². The van der Waals surface area contributed by atoms with E-state index >= 15 is 0 Å². The van der Waals surface area contributed by atoms with Crippen LogP contribution in [0.15, 0.2) is 18.2 Å². The Kier molecular flexibility index (Phi) is 3.96. The summed E-state index contributed by atoms with van der Waals surface area (Å²) < 4.78 is 0. The van der Waals surface area contributed by atoms with Crippen molar-refractivity contribution in [2.24, 2.45) is 0 Å². The summed E-state index contributed by atoms with van der Waals surface area (Å²) in [7, 11) is 0. The number of terminal acetylenes is 1. The lowest BCUT2D eigenvalue weighted by Gasteiger charge is -2.12. The highest BCUT2D eigenvalue weighted by Gasteiger charge is 2.13. The Balaban J connectivity index is 2.90. The highest BCUT2D eigenvalue weighted by atomic mass is 16.3. The minimum absolute atomic E-state index is 0.112. The Morgan fingerprint density at radius 3 is 2.88 bits per heavy atom. The standard InChI is InChI=1S/C13H15NO2/c1-4-10(5-2)14-13(16)11-7-6-8-12(15)9(11)3/h1,6-8,10,15H,5H2,2-3H3,(H,14,16). The molecule has 0 saturated heterocycles. The van der Waals surface area contributed by atoms with Crippen molar-refractivity contribution in [3.05, 3.63) is 29.3 Å². The van der Waals surface area contributed by atoms with Crippen molar-refractivity contribution in [1.82, 2.24) is 5.32 Å². The predicted octanol–water partition coefficient (Wildman–Crippen LogP) is 1.84. The second kappa shape index (κ2) is 5.22. The minimum Gasteiger partial charge on any atom is -0.508 e. The summed E-state index contributed by atoms with van der Waals surface area (Å²) in [6, 6.07) is 4.57. The minimum atomic E-state index is -0.269. The van der Waals surface area contributed by atoms with Crippen molar-refractivity contribution in [3.8, 4) is 18.1 Å². The summed E-state index contributed by atoms with van der Waals surface area (Å²) in [6.07, 6.45) is 5.94. The lowest BCUT2D eigenvalue weighted by molar-refractivity contribution is 0.0944. The molecule has 0 fully saturated rings. The molecule has 84 valence electrons. The van der Waals surface area contributed by atoms with Crippen molar-refractivity contribution >= 4 is 5.91 Å². The third-order valence-corrected chi connectivity index (χ3v) is 2.46. The van der Waals surface area contributed by atoms with Gasteiger partial charge in [0.15, 0.2) is 0 Å². The van der Waals surface area contributed by atoms with Crippen LogP contribution in [0.2, 0.25) is 0 Å². The molecule has 3 nitrogen and oxygen atoms in total. The zero-order chi connectivity index (χ0) is 12.1. The van der Waals surface area contributed by atoms with Gasteiger partial charge in [-0.15, -0.1) is 6.42 Å². The molecule has 2 N–H and O–H groups in total. The van der Waals surface area contributed by atoms with Gasteiger partial charge in [-0.25, -0.2) is 0 Å². The van der Waals surface area contributed by atoms with Crippen LogP contribution in [0.4, 0.5) is 0 Å². The average molecular weight is 217 g/mol. The smallest absolute Gasteiger partial charge is 0.252 e. The van der Waals surface area contributed by atoms with Crippen LogP contribution in [0, 0.1) is 19.3 Å². The van der Waals surface area contributed by atoms with E-state index in [9.17, 15) is 9.90 Å². The van der Waals surface area contributed by atoms with E-state index < -0.39 is 0 Å². The molecular weight excluding hydrogens is 202 g/mol. The number of phenols is 1. The van der Waals surface area contributed by atoms with Gasteiger partial charge in [0.2, 0.25) is 0 Å². The molecule has 1 aromatic rings. The number of rotatable bonds is 3. The molecule has 0 saturated carbocycles. The number of carbonyl (C=O) groups is 1. The second-order valence-corrected chi connectivity index (χ2v) is 3.55. The fourth-order valence-corrected chi connectivity index (χ4v) is 1.37. The average Bonchev–Trinajstić information content (AvgIpc) is 2.29. The van der Waals surface area contributed by atoms with Crippen LogP contribution in [0.3, 0.4) is 0 Å². The molecule has 1 aromatic carbocycles. The largest absolute Gasteiger partial charge is 0.508 e. The normalized spacial score (nSPS) is 11.6. The van der Waals surface area contributed by atoms with E-state index in [-0.39, 0.29) is 17.7 Å². The van der Waals surface area contributed by atoms with Gasteiger partial charge in [-0.3, -0.25) is 4.79 Å². The molecule has 0 aliphatic heterocycles. The van der Waals surface area contributed by atoms with E-state index in [1.54, 1.807) is 25.1 Å². The van der Waals surface area contributed by atoms with Gasteiger partial charge in [0.25, 0.3) is 5.91 Å². The zero-order valence-electron chi connectivity index (χ0n) is 9.45. The van der Waals surface area contributed by atoms with Gasteiger partial charge < -0.3 is 10.4 Å². The quantitative estimate of drug-likeness (QED) is 0.759. The Morgan fingerprint density at radius 2 is 2.31 bits per heavy atom. The Labute approximate surface area is 95.5 Å². The van der Waals surface area contributed by atoms with Crippen LogP contribution in [0.5, 0.6) is 5.75 Å². The van der Waals surface area contributed by atoms with Gasteiger partial charge in [-0.05, 0) is 25.5 Å². The highest BCUT2D eigenvalue weighted by Crippen LogP contribution is 2.19. The lowest BCUT2D eigenvalue weighted by atomic mass is 10.1. The third-order valence-electron chi connectivity index (χ3n) is 2.46. The molecule has 0 radical (unpaired) electrons. The van der Waals surface area contributed by atoms with Crippen molar-refractivity contribution < 1.29 is 9.90 Å². The van der Waals surface area contributed by atoms with Crippen LogP contribution in [0.25, 0.3) is 0 Å². The fourth-order valence-electron chi connectivity index (χ4n) is 1.37. The Bertz CT molecular complexity index is 432. The summed E-state index contributed by atoms with van der Waals surface area (Å²) in [6.45, 7) is 3.60. The molecule has 0 spiro atoms. The van der Waals surface area contributed by atoms with E-state index in [2.05, 4.69) is 11.2 Å². The summed E-state index contributed by atoms with van der Waals surface area (Å²) in [5, 5.41) is 12.2. The molecule has 0 heterocycles. The number of amides is 1. The molecule has 1 unspecified atom stereocenters. The van der Waals surface area contributed by atoms with Crippen LogP contribution in [0.1, 0.15) is 29.3 Å². The molecule has 1 rings (SSSR count). The van der Waals surface area contributed by atoms with Crippen LogP contribution in [-0.4, -0.2) is 17.1 Å². The van der Waals surface area contributed by atoms with E-state index in [4.69, 9.17) is 6.42 Å². The summed E-state index contributed by atoms with van der Waals surface area (Å²) in [5.74, 6) is 2.35. The monoisotopic (exact) mass is 217 g/mol. The van der Waals surface area contributed by atoms with Crippen molar-refractivity contribution in [1.29, 1.82) is 0 Å². The molecule has 1 atom stereocenters. The number of benzene rings is 1. The molecule has 0 bridgehead atoms. The lowest BCUT2D eigenvalue weighted by Crippen LogP contribution is -2.33. The maximum atomic E-state index is 11.8. The van der Waals surface area contributed by atoms with Crippen molar-refractivity contribution in [2.45, 2.75) is 26.3 Å². The number of nitrogens with one attached hydrogen (secondary N) is 1. The van der Waals surface area contributed by atoms with E-state index in [0.29, 0.717) is 17.5 Å². The van der Waals surface area contributed by atoms with Gasteiger partial charge in [0, 0.05) is 11.1 Å². The van der Waals surface area contributed by atoms with E-state index in [0.717, 1.165) is 0 Å². The summed E-state index contributed by atoms with van der Waals surface area (Å²) in [5.41, 5.74) is 1.01. The number of hydrogen-bond acceptors (Lipinski definition) is 2. The molecule has 3 heteroatoms. The maximum absolute atomic E-state index is 11.8. The fraction of sp³-hybridized carbons (Fsp3) is 0.308. The predicted molar refractivity (Wildman–Crippen MR) is 63.2 cm³/mol. The molecule has 1 amide bonds. The third kappa shape index (κ3) is 2.54. The zero-order valence-corrected chi connectivity index (χ0v) is 9.45. The van der Waals surface area contributed by atoms with Crippen LogP contribution >= 0.6 is 0 Å². The molecule has 0 aliphatic carbocycles. The first-order valence-electron chi connectivity index (χ1n) is 5.15. The molecule has 0 aromatic heterocycles. The Morgan fingerprint density at radius 1 is 1.62 bits per heavy atom. The number of aromatic hydroxyl groups is 1. The van der Waals surface area contributed by atoms with Gasteiger partial charge in [-0.2, -0.15) is 0 Å². The Hall–Kier alpha value is -1.95. The van der Waals surface area contributed by atoms with Gasteiger partial charge in [0.05, 0.1) is 6.04 Å².